The van der Waals surface area contributed by atoms with Crippen LogP contribution in [0.1, 0.15) is 49.1 Å². The summed E-state index contributed by atoms with van der Waals surface area (Å²) in [4.78, 5) is 4.92. The van der Waals surface area contributed by atoms with Crippen molar-refractivity contribution in [1.82, 2.24) is 9.80 Å². The molecule has 1 fully saturated rings. The SMILES string of the molecule is Cc1ccc(OC[C@H](O)CN2CCN(C(c3ccccc3)c3ccccc3)CC2)c(C(C)(C)C)c1. The molecular formula is C31H40N2O2. The predicted molar refractivity (Wildman–Crippen MR) is 144 cm³/mol. The van der Waals surface area contributed by atoms with Gasteiger partial charge in [0.15, 0.2) is 0 Å². The van der Waals surface area contributed by atoms with E-state index >= 15 is 0 Å². The van der Waals surface area contributed by atoms with Gasteiger partial charge in [-0.3, -0.25) is 9.80 Å². The van der Waals surface area contributed by atoms with E-state index in [9.17, 15) is 5.11 Å². The summed E-state index contributed by atoms with van der Waals surface area (Å²) in [5, 5.41) is 10.8. The number of benzene rings is 3. The van der Waals surface area contributed by atoms with E-state index in [0.717, 1.165) is 31.9 Å². The Morgan fingerprint density at radius 2 is 1.40 bits per heavy atom. The molecule has 0 aromatic heterocycles. The van der Waals surface area contributed by atoms with Crippen LogP contribution in [0.15, 0.2) is 78.9 Å². The van der Waals surface area contributed by atoms with Crippen molar-refractivity contribution < 1.29 is 9.84 Å². The van der Waals surface area contributed by atoms with Gasteiger partial charge in [0.2, 0.25) is 0 Å². The van der Waals surface area contributed by atoms with Crippen molar-refractivity contribution in [3.63, 3.8) is 0 Å². The van der Waals surface area contributed by atoms with E-state index in [1.165, 1.54) is 22.3 Å². The number of aryl methyl sites for hydroxylation is 1. The van der Waals surface area contributed by atoms with Crippen LogP contribution in [0.4, 0.5) is 0 Å². The number of aliphatic hydroxyl groups is 1. The first-order chi connectivity index (χ1) is 16.8. The predicted octanol–water partition coefficient (Wildman–Crippen LogP) is 5.44. The van der Waals surface area contributed by atoms with Gasteiger partial charge in [-0.25, -0.2) is 0 Å². The number of piperazine rings is 1. The van der Waals surface area contributed by atoms with Gasteiger partial charge in [0, 0.05) is 32.7 Å². The molecular weight excluding hydrogens is 432 g/mol. The smallest absolute Gasteiger partial charge is 0.123 e. The van der Waals surface area contributed by atoms with Crippen LogP contribution >= 0.6 is 0 Å². The number of β-amino-alcohol motifs (C(OH)–C–C–N with tert-alkyl or cyclic N) is 1. The first kappa shape index (κ1) is 25.4. The van der Waals surface area contributed by atoms with Crippen molar-refractivity contribution in [2.24, 2.45) is 0 Å². The van der Waals surface area contributed by atoms with Crippen LogP contribution in [0, 0.1) is 6.92 Å². The second-order valence-corrected chi connectivity index (χ2v) is 10.8. The quantitative estimate of drug-likeness (QED) is 0.474. The maximum absolute atomic E-state index is 10.8. The minimum absolute atomic E-state index is 0.00329. The molecule has 3 aromatic carbocycles. The van der Waals surface area contributed by atoms with Crippen molar-refractivity contribution in [2.75, 3.05) is 39.3 Å². The number of hydrogen-bond acceptors (Lipinski definition) is 4. The largest absolute Gasteiger partial charge is 0.491 e. The Hall–Kier alpha value is -2.66. The molecule has 1 aliphatic heterocycles. The fourth-order valence-electron chi connectivity index (χ4n) is 4.98. The van der Waals surface area contributed by atoms with Crippen molar-refractivity contribution in [1.29, 1.82) is 0 Å². The standard InChI is InChI=1S/C31H40N2O2/c1-24-15-16-29(28(21-24)31(2,3)4)35-23-27(34)22-32-17-19-33(20-18-32)30(25-11-7-5-8-12-25)26-13-9-6-10-14-26/h5-16,21,27,30,34H,17-20,22-23H2,1-4H3/t27-/m1/s1. The lowest BCUT2D eigenvalue weighted by Crippen LogP contribution is -2.50. The fourth-order valence-corrected chi connectivity index (χ4v) is 4.98. The Morgan fingerprint density at radius 1 is 0.829 bits per heavy atom. The third kappa shape index (κ3) is 6.72. The molecule has 1 aliphatic rings. The van der Waals surface area contributed by atoms with Crippen molar-refractivity contribution in [3.05, 3.63) is 101 Å². The number of aliphatic hydroxyl groups excluding tert-OH is 1. The van der Waals surface area contributed by atoms with E-state index in [1.54, 1.807) is 0 Å². The maximum atomic E-state index is 10.8. The molecule has 4 nitrogen and oxygen atoms in total. The Morgan fingerprint density at radius 3 is 1.94 bits per heavy atom. The van der Waals surface area contributed by atoms with E-state index in [-0.39, 0.29) is 11.5 Å². The number of rotatable bonds is 8. The zero-order valence-corrected chi connectivity index (χ0v) is 21.7. The number of ether oxygens (including phenoxy) is 1. The van der Waals surface area contributed by atoms with Crippen LogP contribution in [0.5, 0.6) is 5.75 Å². The second kappa shape index (κ2) is 11.4. The zero-order valence-electron chi connectivity index (χ0n) is 21.7. The normalized spacial score (nSPS) is 16.4. The summed E-state index contributed by atoms with van der Waals surface area (Å²) in [7, 11) is 0. The molecule has 3 aromatic rings. The number of nitrogens with zero attached hydrogens (tertiary/aromatic N) is 2. The fraction of sp³-hybridized carbons (Fsp3) is 0.419. The summed E-state index contributed by atoms with van der Waals surface area (Å²) in [5.74, 6) is 0.875. The van der Waals surface area contributed by atoms with Gasteiger partial charge < -0.3 is 9.84 Å². The number of hydrogen-bond donors (Lipinski definition) is 1. The van der Waals surface area contributed by atoms with Gasteiger partial charge in [-0.05, 0) is 35.1 Å². The van der Waals surface area contributed by atoms with Crippen LogP contribution in [-0.4, -0.2) is 60.3 Å². The molecule has 0 aliphatic carbocycles. The van der Waals surface area contributed by atoms with Gasteiger partial charge in [-0.15, -0.1) is 0 Å². The lowest BCUT2D eigenvalue weighted by molar-refractivity contribution is 0.0397. The van der Waals surface area contributed by atoms with E-state index in [2.05, 4.69) is 110 Å². The Kier molecular flexibility index (Phi) is 8.27. The van der Waals surface area contributed by atoms with E-state index in [1.807, 2.05) is 6.07 Å². The summed E-state index contributed by atoms with van der Waals surface area (Å²) < 4.78 is 6.11. The van der Waals surface area contributed by atoms with Crippen LogP contribution < -0.4 is 4.74 Å². The molecule has 0 saturated carbocycles. The van der Waals surface area contributed by atoms with Crippen LogP contribution in [0.3, 0.4) is 0 Å². The zero-order chi connectivity index (χ0) is 24.8. The van der Waals surface area contributed by atoms with Gasteiger partial charge in [0.05, 0.1) is 6.04 Å². The van der Waals surface area contributed by atoms with Gasteiger partial charge in [0.25, 0.3) is 0 Å². The maximum Gasteiger partial charge on any atom is 0.123 e. The summed E-state index contributed by atoms with van der Waals surface area (Å²) in [5.41, 5.74) is 5.06. The van der Waals surface area contributed by atoms with Crippen molar-refractivity contribution >= 4 is 0 Å². The average molecular weight is 473 g/mol. The highest BCUT2D eigenvalue weighted by Gasteiger charge is 2.27. The summed E-state index contributed by atoms with van der Waals surface area (Å²) in [6, 6.07) is 28.1. The van der Waals surface area contributed by atoms with Crippen molar-refractivity contribution in [3.8, 4) is 5.75 Å². The minimum Gasteiger partial charge on any atom is -0.491 e. The molecule has 0 spiro atoms. The van der Waals surface area contributed by atoms with E-state index < -0.39 is 6.10 Å². The molecule has 1 N–H and O–H groups in total. The minimum atomic E-state index is -0.519. The van der Waals surface area contributed by atoms with E-state index in [4.69, 9.17) is 4.74 Å². The highest BCUT2D eigenvalue weighted by atomic mass is 16.5. The Balaban J connectivity index is 1.34. The van der Waals surface area contributed by atoms with Gasteiger partial charge in [0.1, 0.15) is 18.5 Å². The topological polar surface area (TPSA) is 35.9 Å². The van der Waals surface area contributed by atoms with Crippen molar-refractivity contribution in [2.45, 2.75) is 45.3 Å². The first-order valence-corrected chi connectivity index (χ1v) is 12.8. The molecule has 4 heteroatoms. The molecule has 0 bridgehead atoms. The van der Waals surface area contributed by atoms with Gasteiger partial charge in [-0.2, -0.15) is 0 Å². The van der Waals surface area contributed by atoms with Crippen LogP contribution in [0.25, 0.3) is 0 Å². The Labute approximate surface area is 211 Å². The highest BCUT2D eigenvalue weighted by molar-refractivity contribution is 5.41. The molecule has 1 heterocycles. The lowest BCUT2D eigenvalue weighted by Gasteiger charge is -2.40. The first-order valence-electron chi connectivity index (χ1n) is 12.8. The molecule has 1 saturated heterocycles. The van der Waals surface area contributed by atoms with Crippen LogP contribution in [-0.2, 0) is 5.41 Å². The molecule has 0 radical (unpaired) electrons. The molecule has 0 amide bonds. The third-order valence-electron chi connectivity index (χ3n) is 6.85. The molecule has 35 heavy (non-hydrogen) atoms. The monoisotopic (exact) mass is 472 g/mol. The lowest BCUT2D eigenvalue weighted by atomic mass is 9.85. The molecule has 0 unspecified atom stereocenters. The highest BCUT2D eigenvalue weighted by Crippen LogP contribution is 2.32. The Bertz CT molecular complexity index is 1010. The second-order valence-electron chi connectivity index (χ2n) is 10.8. The van der Waals surface area contributed by atoms with Gasteiger partial charge in [-0.1, -0.05) is 99.1 Å². The van der Waals surface area contributed by atoms with Gasteiger partial charge >= 0.3 is 0 Å². The van der Waals surface area contributed by atoms with E-state index in [0.29, 0.717) is 13.2 Å². The summed E-state index contributed by atoms with van der Waals surface area (Å²) in [6.07, 6.45) is -0.519. The molecule has 186 valence electrons. The molecule has 4 rings (SSSR count). The third-order valence-corrected chi connectivity index (χ3v) is 6.85. The summed E-state index contributed by atoms with van der Waals surface area (Å²) in [6.45, 7) is 13.4. The van der Waals surface area contributed by atoms with Crippen LogP contribution in [0.2, 0.25) is 0 Å². The average Bonchev–Trinajstić information content (AvgIpc) is 2.85. The molecule has 1 atom stereocenters. The summed E-state index contributed by atoms with van der Waals surface area (Å²) >= 11 is 0.